The number of fused-ring (bicyclic) bond motifs is 1. The minimum atomic E-state index is -6.24. The minimum Gasteiger partial charge on any atom is -0.746 e. The molecule has 6 aliphatic carbocycles. The molecule has 6 bridgehead atoms. The van der Waals surface area contributed by atoms with E-state index in [-0.39, 0.29) is 25.2 Å². The Morgan fingerprint density at radius 2 is 1.54 bits per heavy atom. The summed E-state index contributed by atoms with van der Waals surface area (Å²) in [7, 11) is -6.24. The van der Waals surface area contributed by atoms with E-state index >= 15 is 0 Å². The van der Waals surface area contributed by atoms with Crippen LogP contribution in [0, 0.1) is 53.4 Å². The quantitative estimate of drug-likeness (QED) is 0.166. The molecule has 0 N–H and O–H groups in total. The molecule has 8 atom stereocenters. The zero-order valence-electron chi connectivity index (χ0n) is 25.3. The molecular formula is C28H29F6NO11RfS-2. The van der Waals surface area contributed by atoms with E-state index in [1.807, 2.05) is 0 Å². The zero-order chi connectivity index (χ0) is 34.3. The maximum absolute atomic E-state index is 14.2. The molecule has 8 fully saturated rings. The van der Waals surface area contributed by atoms with Crippen LogP contribution in [0.15, 0.2) is 0 Å². The Morgan fingerprint density at radius 3 is 2.06 bits per heavy atom. The van der Waals surface area contributed by atoms with Crippen molar-refractivity contribution in [2.45, 2.75) is 80.5 Å². The van der Waals surface area contributed by atoms with Crippen LogP contribution in [0.1, 0.15) is 45.4 Å². The number of hydrogen-bond acceptors (Lipinski definition) is 11. The van der Waals surface area contributed by atoms with E-state index in [9.17, 15) is 58.5 Å². The molecule has 1 spiro atoms. The largest absolute Gasteiger partial charge is 0.746 e. The summed E-state index contributed by atoms with van der Waals surface area (Å²) in [5.74, 6) is -20.6. The van der Waals surface area contributed by atoms with Gasteiger partial charge < -0.3 is 23.5 Å². The summed E-state index contributed by atoms with van der Waals surface area (Å²) >= 11 is 0. The second-order valence-electron chi connectivity index (χ2n) is 14.1. The fraction of sp³-hybridized carbons (Fsp3) is 0.821. The molecular weight excluding hydrogens is 939 g/mol. The topological polar surface area (TPSA) is 166 Å². The number of imide groups is 1. The van der Waals surface area contributed by atoms with E-state index in [0.29, 0.717) is 19.3 Å². The summed E-state index contributed by atoms with van der Waals surface area (Å²) in [5.41, 5.74) is -1.23. The van der Waals surface area contributed by atoms with E-state index in [2.05, 4.69) is 4.74 Å². The Morgan fingerprint density at radius 1 is 0.979 bits per heavy atom. The summed E-state index contributed by atoms with van der Waals surface area (Å²) in [6.45, 7) is -2.80. The van der Waals surface area contributed by atoms with Crippen molar-refractivity contribution in [3.8, 4) is 0 Å². The van der Waals surface area contributed by atoms with Crippen LogP contribution < -0.4 is 0 Å². The third-order valence-corrected chi connectivity index (χ3v) is 12.4. The molecule has 8 rings (SSSR count). The van der Waals surface area contributed by atoms with E-state index in [1.54, 1.807) is 0 Å². The maximum atomic E-state index is 14.2. The minimum absolute atomic E-state index is 0. The number of alkyl halides is 6. The second kappa shape index (κ2) is 10.3. The van der Waals surface area contributed by atoms with Crippen molar-refractivity contribution < 1.29 is 77.4 Å². The van der Waals surface area contributed by atoms with Crippen molar-refractivity contribution >= 4 is 33.9 Å². The molecule has 20 heteroatoms. The van der Waals surface area contributed by atoms with E-state index < -0.39 is 130 Å². The molecule has 12 nitrogen and oxygen atoms in total. The second-order valence-corrected chi connectivity index (χ2v) is 15.6. The third-order valence-electron chi connectivity index (χ3n) is 11.6. The number of ether oxygens (including phenoxy) is 4. The van der Waals surface area contributed by atoms with Crippen molar-refractivity contribution in [2.24, 2.45) is 46.8 Å². The van der Waals surface area contributed by atoms with Gasteiger partial charge in [-0.25, -0.2) is 17.2 Å². The molecule has 6 saturated carbocycles. The van der Waals surface area contributed by atoms with Gasteiger partial charge in [0.1, 0.15) is 29.4 Å². The Bertz CT molecular complexity index is 1510. The smallest absolute Gasteiger partial charge is 0.335 e. The van der Waals surface area contributed by atoms with Gasteiger partial charge in [0.15, 0.2) is 5.79 Å². The predicted octanol–water partition coefficient (Wildman–Crippen LogP) is 2.22. The molecule has 2 saturated heterocycles. The van der Waals surface area contributed by atoms with E-state index in [1.165, 1.54) is 0 Å². The van der Waals surface area contributed by atoms with Gasteiger partial charge in [0.05, 0.1) is 23.3 Å². The first-order valence-corrected chi connectivity index (χ1v) is 16.5. The first kappa shape index (κ1) is 34.4. The number of carbonyl (C=O) groups excluding carboxylic acids is 4. The number of likely N-dealkylation sites (tertiary alicyclic amines) is 1. The standard InChI is InChI=1S/C28H30F6NO11S.Rf/c1-11(36)35-19-15-4-16(18(17(15)21(35)37)22(38)43-10-27(33,34)47(40,41)42)20(19)46-23(39)24-5-12-2-13(6-24)28(14(3-12)7-24)44-8-25(29,30)26(31,32)9-45-28;/h10,12-20H,2-9H2,1H3,(H,40,41,42);/q-1;/p-1. The number of hydrogen-bond donors (Lipinski definition) is 0. The average Bonchev–Trinajstić information content (AvgIpc) is 3.55. The summed E-state index contributed by atoms with van der Waals surface area (Å²) in [5, 5.41) is -5.08. The first-order valence-electron chi connectivity index (χ1n) is 15.1. The SMILES string of the molecule is CC(=O)N1C(=O)C2C3CC(C(OC(=O)C45CC6CC(C4)C4(OCC(F)(F)C(F)(F)CO4)C(C6)C5)C31)C2C(=O)O[CH-]C(F)(F)S(=O)(=O)[O-].[Rf]. The zero-order valence-corrected chi connectivity index (χ0v) is 32.5. The molecule has 0 radical (unpaired) electrons. The van der Waals surface area contributed by atoms with Gasteiger partial charge in [0, 0.05) is 24.7 Å². The van der Waals surface area contributed by atoms with Crippen molar-refractivity contribution in [3.05, 3.63) is 6.61 Å². The monoisotopic (exact) mass is 968 g/mol. The van der Waals surface area contributed by atoms with Crippen LogP contribution in [-0.2, 0) is 48.2 Å². The Labute approximate surface area is 263 Å². The van der Waals surface area contributed by atoms with Gasteiger partial charge in [-0.15, -0.1) is 0 Å². The Hall–Kier alpha value is -3.51. The van der Waals surface area contributed by atoms with Gasteiger partial charge in [0.2, 0.25) is 11.8 Å². The summed E-state index contributed by atoms with van der Waals surface area (Å²) in [6.07, 6.45) is -0.234. The molecule has 0 aromatic rings. The van der Waals surface area contributed by atoms with Crippen LogP contribution in [0.5, 0.6) is 0 Å². The molecule has 8 aliphatic rings. The van der Waals surface area contributed by atoms with Crippen LogP contribution in [0.4, 0.5) is 26.3 Å². The van der Waals surface area contributed by atoms with Gasteiger partial charge in [-0.3, -0.25) is 24.1 Å². The third kappa shape index (κ3) is 4.50. The van der Waals surface area contributed by atoms with Crippen LogP contribution in [0.3, 0.4) is 0 Å². The number of carbonyl (C=O) groups is 4. The summed E-state index contributed by atoms with van der Waals surface area (Å²) < 4.78 is 138. The molecule has 2 amide bonds. The number of halogens is 6. The number of rotatable bonds is 6. The van der Waals surface area contributed by atoms with Gasteiger partial charge in [0.25, 0.3) is 11.2 Å². The summed E-state index contributed by atoms with van der Waals surface area (Å²) in [6, 6.07) is -0.992. The Balaban J connectivity index is 0.00000401. The van der Waals surface area contributed by atoms with Crippen molar-refractivity contribution in [3.63, 3.8) is 0 Å². The normalized spacial score (nSPS) is 41.2. The van der Waals surface area contributed by atoms with E-state index in [0.717, 1.165) is 11.8 Å². The molecule has 48 heavy (non-hydrogen) atoms. The van der Waals surface area contributed by atoms with Crippen LogP contribution in [0.25, 0.3) is 0 Å². The van der Waals surface area contributed by atoms with Crippen LogP contribution >= 0.6 is 0 Å². The predicted molar refractivity (Wildman–Crippen MR) is 135 cm³/mol. The molecule has 0 aromatic carbocycles. The van der Waals surface area contributed by atoms with Crippen molar-refractivity contribution in [1.82, 2.24) is 4.90 Å². The fourth-order valence-electron chi connectivity index (χ4n) is 9.97. The van der Waals surface area contributed by atoms with Crippen molar-refractivity contribution in [1.29, 1.82) is 0 Å². The van der Waals surface area contributed by atoms with Gasteiger partial charge in [-0.2, -0.15) is 17.6 Å². The number of amides is 2. The molecule has 2 aliphatic heterocycles. The van der Waals surface area contributed by atoms with Crippen LogP contribution in [0.2, 0.25) is 0 Å². The van der Waals surface area contributed by atoms with Gasteiger partial charge in [-0.1, -0.05) is 6.61 Å². The fourth-order valence-corrected chi connectivity index (χ4v) is 10.1. The summed E-state index contributed by atoms with van der Waals surface area (Å²) in [4.78, 5) is 53.9. The maximum Gasteiger partial charge on any atom is 0.335 e. The number of nitrogens with zero attached hydrogens (tertiary/aromatic N) is 1. The molecule has 2 heterocycles. The molecule has 8 unspecified atom stereocenters. The van der Waals surface area contributed by atoms with Gasteiger partial charge in [-0.05, 0) is 50.4 Å². The molecule has 264 valence electrons. The van der Waals surface area contributed by atoms with E-state index in [4.69, 9.17) is 14.2 Å². The van der Waals surface area contributed by atoms with Crippen LogP contribution in [-0.4, -0.2) is 89.9 Å². The van der Waals surface area contributed by atoms with Crippen molar-refractivity contribution in [2.75, 3.05) is 13.2 Å². The molecule has 0 aromatic heterocycles. The first-order chi connectivity index (χ1) is 21.6. The average molecular weight is 969 g/mol. The van der Waals surface area contributed by atoms with Gasteiger partial charge >= 0.3 is 17.8 Å². The number of esters is 2. The Kier molecular flexibility index (Phi) is 7.34.